The normalized spacial score (nSPS) is 12.6. The highest BCUT2D eigenvalue weighted by Gasteiger charge is 2.18. The fourth-order valence-electron chi connectivity index (χ4n) is 2.42. The molecule has 7 heteroatoms. The molecule has 25 heavy (non-hydrogen) atoms. The molecule has 0 aliphatic carbocycles. The Morgan fingerprint density at radius 2 is 2.00 bits per heavy atom. The van der Waals surface area contributed by atoms with Crippen molar-refractivity contribution in [2.75, 3.05) is 17.2 Å². The van der Waals surface area contributed by atoms with Crippen molar-refractivity contribution in [1.29, 1.82) is 0 Å². The number of benzene rings is 2. The van der Waals surface area contributed by atoms with Crippen LogP contribution >= 0.6 is 0 Å². The SMILES string of the molecule is O=C(CCC(=O)c1ccc2c(c1)NC(=O)CO2)Nc1cccc(F)c1. The Hall–Kier alpha value is -3.22. The second-order valence-corrected chi connectivity index (χ2v) is 5.53. The third kappa shape index (κ3) is 4.20. The number of halogens is 1. The molecule has 6 nitrogen and oxygen atoms in total. The average Bonchev–Trinajstić information content (AvgIpc) is 2.59. The van der Waals surface area contributed by atoms with E-state index in [2.05, 4.69) is 10.6 Å². The Balaban J connectivity index is 1.58. The molecule has 1 heterocycles. The number of amides is 2. The molecule has 0 saturated heterocycles. The first-order valence-corrected chi connectivity index (χ1v) is 7.66. The summed E-state index contributed by atoms with van der Waals surface area (Å²) < 4.78 is 18.3. The lowest BCUT2D eigenvalue weighted by molar-refractivity contribution is -0.118. The van der Waals surface area contributed by atoms with Gasteiger partial charge in [-0.05, 0) is 36.4 Å². The van der Waals surface area contributed by atoms with Crippen molar-refractivity contribution >= 4 is 29.0 Å². The average molecular weight is 342 g/mol. The van der Waals surface area contributed by atoms with E-state index >= 15 is 0 Å². The van der Waals surface area contributed by atoms with Crippen molar-refractivity contribution in [2.45, 2.75) is 12.8 Å². The Kier molecular flexibility index (Phi) is 4.74. The molecule has 0 saturated carbocycles. The molecule has 0 atom stereocenters. The predicted octanol–water partition coefficient (Wildman–Crippen LogP) is 2.76. The largest absolute Gasteiger partial charge is 0.482 e. The van der Waals surface area contributed by atoms with Crippen molar-refractivity contribution in [3.05, 3.63) is 53.8 Å². The van der Waals surface area contributed by atoms with Crippen molar-refractivity contribution in [1.82, 2.24) is 0 Å². The van der Waals surface area contributed by atoms with Gasteiger partial charge in [0.05, 0.1) is 5.69 Å². The number of nitrogens with one attached hydrogen (secondary N) is 2. The number of hydrogen-bond donors (Lipinski definition) is 2. The molecular weight excluding hydrogens is 327 g/mol. The molecule has 2 aromatic carbocycles. The predicted molar refractivity (Wildman–Crippen MR) is 89.2 cm³/mol. The topological polar surface area (TPSA) is 84.5 Å². The summed E-state index contributed by atoms with van der Waals surface area (Å²) in [6.45, 7) is -0.0550. The maximum absolute atomic E-state index is 13.1. The molecule has 0 radical (unpaired) electrons. The summed E-state index contributed by atoms with van der Waals surface area (Å²) in [6, 6.07) is 10.2. The molecule has 2 N–H and O–H groups in total. The van der Waals surface area contributed by atoms with Crippen LogP contribution in [0.2, 0.25) is 0 Å². The molecular formula is C18H15FN2O4. The van der Waals surface area contributed by atoms with Crippen molar-refractivity contribution in [2.24, 2.45) is 0 Å². The summed E-state index contributed by atoms with van der Waals surface area (Å²) in [6.07, 6.45) is -0.0377. The molecule has 0 aromatic heterocycles. The summed E-state index contributed by atoms with van der Waals surface area (Å²) in [7, 11) is 0. The van der Waals surface area contributed by atoms with E-state index in [-0.39, 0.29) is 37.0 Å². The van der Waals surface area contributed by atoms with E-state index in [9.17, 15) is 18.8 Å². The number of carbonyl (C=O) groups is 3. The van der Waals surface area contributed by atoms with E-state index in [0.29, 0.717) is 22.7 Å². The smallest absolute Gasteiger partial charge is 0.262 e. The van der Waals surface area contributed by atoms with Crippen LogP contribution in [0.5, 0.6) is 5.75 Å². The number of anilines is 2. The molecule has 128 valence electrons. The summed E-state index contributed by atoms with van der Waals surface area (Å²) in [4.78, 5) is 35.4. The number of ketones is 1. The fraction of sp³-hybridized carbons (Fsp3) is 0.167. The van der Waals surface area contributed by atoms with Gasteiger partial charge in [-0.1, -0.05) is 6.07 Å². The molecule has 1 aliphatic rings. The lowest BCUT2D eigenvalue weighted by Gasteiger charge is -2.18. The lowest BCUT2D eigenvalue weighted by atomic mass is 10.0. The van der Waals surface area contributed by atoms with E-state index in [0.717, 1.165) is 0 Å². The minimum absolute atomic E-state index is 0.00522. The molecule has 0 unspecified atom stereocenters. The van der Waals surface area contributed by atoms with Gasteiger partial charge in [0, 0.05) is 24.1 Å². The molecule has 1 aliphatic heterocycles. The van der Waals surface area contributed by atoms with Crippen molar-refractivity contribution < 1.29 is 23.5 Å². The highest BCUT2D eigenvalue weighted by molar-refractivity contribution is 6.02. The molecule has 0 spiro atoms. The molecule has 2 aromatic rings. The minimum atomic E-state index is -0.452. The van der Waals surface area contributed by atoms with Gasteiger partial charge in [0.15, 0.2) is 12.4 Å². The van der Waals surface area contributed by atoms with Gasteiger partial charge in [0.25, 0.3) is 5.91 Å². The summed E-state index contributed by atoms with van der Waals surface area (Å²) >= 11 is 0. The fourth-order valence-corrected chi connectivity index (χ4v) is 2.42. The van der Waals surface area contributed by atoms with E-state index < -0.39 is 5.82 Å². The Bertz CT molecular complexity index is 851. The maximum atomic E-state index is 13.1. The second-order valence-electron chi connectivity index (χ2n) is 5.53. The number of ether oxygens (including phenoxy) is 1. The maximum Gasteiger partial charge on any atom is 0.262 e. The van der Waals surface area contributed by atoms with Crippen LogP contribution < -0.4 is 15.4 Å². The Morgan fingerprint density at radius 3 is 2.80 bits per heavy atom. The van der Waals surface area contributed by atoms with Crippen molar-refractivity contribution in [3.8, 4) is 5.75 Å². The highest BCUT2D eigenvalue weighted by atomic mass is 19.1. The third-order valence-corrected chi connectivity index (χ3v) is 3.62. The number of rotatable bonds is 5. The molecule has 2 amide bonds. The van der Waals surface area contributed by atoms with Gasteiger partial charge < -0.3 is 15.4 Å². The van der Waals surface area contributed by atoms with E-state index in [1.54, 1.807) is 18.2 Å². The highest BCUT2D eigenvalue weighted by Crippen LogP contribution is 2.29. The van der Waals surface area contributed by atoms with Gasteiger partial charge >= 0.3 is 0 Å². The minimum Gasteiger partial charge on any atom is -0.482 e. The van der Waals surface area contributed by atoms with Crippen molar-refractivity contribution in [3.63, 3.8) is 0 Å². The summed E-state index contributed by atoms with van der Waals surface area (Å²) in [5.74, 6) is -0.857. The zero-order valence-corrected chi connectivity index (χ0v) is 13.2. The first kappa shape index (κ1) is 16.6. The van der Waals surface area contributed by atoms with E-state index in [4.69, 9.17) is 4.74 Å². The Labute approximate surface area is 143 Å². The van der Waals surface area contributed by atoms with E-state index in [1.807, 2.05) is 0 Å². The van der Waals surface area contributed by atoms with Crippen LogP contribution in [-0.2, 0) is 9.59 Å². The summed E-state index contributed by atoms with van der Waals surface area (Å²) in [5.41, 5.74) is 1.15. The molecule has 0 fully saturated rings. The second kappa shape index (κ2) is 7.12. The zero-order valence-electron chi connectivity index (χ0n) is 13.2. The lowest BCUT2D eigenvalue weighted by Crippen LogP contribution is -2.25. The quantitative estimate of drug-likeness (QED) is 0.818. The number of carbonyl (C=O) groups excluding carboxylic acids is 3. The first-order chi connectivity index (χ1) is 12.0. The van der Waals surface area contributed by atoms with Crippen LogP contribution in [0, 0.1) is 5.82 Å². The zero-order chi connectivity index (χ0) is 17.8. The standard InChI is InChI=1S/C18H15FN2O4/c19-12-2-1-3-13(9-12)20-17(23)7-5-15(22)11-4-6-16-14(8-11)21-18(24)10-25-16/h1-4,6,8-9H,5,7,10H2,(H,20,23)(H,21,24). The Morgan fingerprint density at radius 1 is 1.16 bits per heavy atom. The number of hydrogen-bond acceptors (Lipinski definition) is 4. The number of fused-ring (bicyclic) bond motifs is 1. The van der Waals surface area contributed by atoms with Gasteiger partial charge in [-0.2, -0.15) is 0 Å². The van der Waals surface area contributed by atoms with Crippen LogP contribution in [0.3, 0.4) is 0 Å². The van der Waals surface area contributed by atoms with Gasteiger partial charge in [-0.3, -0.25) is 14.4 Å². The van der Waals surface area contributed by atoms with Gasteiger partial charge in [0.2, 0.25) is 5.91 Å². The van der Waals surface area contributed by atoms with Gasteiger partial charge in [-0.25, -0.2) is 4.39 Å². The number of Topliss-reactive ketones (excluding diaryl/α,β-unsaturated/α-hetero) is 1. The van der Waals surface area contributed by atoms with E-state index in [1.165, 1.54) is 24.3 Å². The van der Waals surface area contributed by atoms with Crippen LogP contribution in [0.4, 0.5) is 15.8 Å². The molecule has 0 bridgehead atoms. The van der Waals surface area contributed by atoms with Crippen LogP contribution in [0.1, 0.15) is 23.2 Å². The monoisotopic (exact) mass is 342 g/mol. The van der Waals surface area contributed by atoms with Gasteiger partial charge in [-0.15, -0.1) is 0 Å². The molecule has 3 rings (SSSR count). The van der Waals surface area contributed by atoms with Crippen LogP contribution in [0.15, 0.2) is 42.5 Å². The van der Waals surface area contributed by atoms with Crippen LogP contribution in [-0.4, -0.2) is 24.2 Å². The van der Waals surface area contributed by atoms with Gasteiger partial charge in [0.1, 0.15) is 11.6 Å². The summed E-state index contributed by atoms with van der Waals surface area (Å²) in [5, 5.41) is 5.16. The first-order valence-electron chi connectivity index (χ1n) is 7.66. The van der Waals surface area contributed by atoms with Crippen LogP contribution in [0.25, 0.3) is 0 Å². The third-order valence-electron chi connectivity index (χ3n) is 3.62.